The molecule has 5 aromatic rings. The highest BCUT2D eigenvalue weighted by Crippen LogP contribution is 2.32. The minimum absolute atomic E-state index is 0.0193. The van der Waals surface area contributed by atoms with Gasteiger partial charge in [-0.1, -0.05) is 18.2 Å². The largest absolute Gasteiger partial charge is 0.467 e. The summed E-state index contributed by atoms with van der Waals surface area (Å²) in [6.07, 6.45) is 5.82. The van der Waals surface area contributed by atoms with Crippen molar-refractivity contribution in [3.05, 3.63) is 90.3 Å². The van der Waals surface area contributed by atoms with Crippen LogP contribution in [0.1, 0.15) is 52.2 Å². The average Bonchev–Trinajstić information content (AvgIpc) is 3.99. The lowest BCUT2D eigenvalue weighted by Gasteiger charge is -2.36. The van der Waals surface area contributed by atoms with E-state index >= 15 is 0 Å². The number of fused-ring (bicyclic) bond motifs is 2. The van der Waals surface area contributed by atoms with E-state index in [2.05, 4.69) is 41.3 Å². The summed E-state index contributed by atoms with van der Waals surface area (Å²) in [5.41, 5.74) is 3.76. The van der Waals surface area contributed by atoms with E-state index in [1.165, 1.54) is 6.07 Å². The summed E-state index contributed by atoms with van der Waals surface area (Å²) in [6, 6.07) is 15.4. The molecule has 57 heavy (non-hydrogen) atoms. The molecular formula is C39H39N11O7. The van der Waals surface area contributed by atoms with Crippen LogP contribution in [0.2, 0.25) is 0 Å². The number of hydrogen-bond acceptors (Lipinski definition) is 13. The van der Waals surface area contributed by atoms with Crippen LogP contribution in [-0.2, 0) is 25.7 Å². The monoisotopic (exact) mass is 773 g/mol. The number of furan rings is 1. The van der Waals surface area contributed by atoms with Crippen molar-refractivity contribution in [2.75, 3.05) is 54.8 Å². The van der Waals surface area contributed by atoms with Gasteiger partial charge < -0.3 is 30.2 Å². The number of piperazine rings is 1. The second-order valence-corrected chi connectivity index (χ2v) is 13.8. The Kier molecular flexibility index (Phi) is 10.3. The molecule has 3 aliphatic heterocycles. The highest BCUT2D eigenvalue weighted by atomic mass is 16.3. The number of rotatable bonds is 13. The summed E-state index contributed by atoms with van der Waals surface area (Å²) in [5, 5.41) is 19.6. The molecule has 8 rings (SSSR count). The Morgan fingerprint density at radius 3 is 2.53 bits per heavy atom. The van der Waals surface area contributed by atoms with Crippen molar-refractivity contribution in [1.82, 2.24) is 40.0 Å². The van der Waals surface area contributed by atoms with Crippen LogP contribution in [0, 0.1) is 0 Å². The molecule has 292 valence electrons. The summed E-state index contributed by atoms with van der Waals surface area (Å²) in [5.74, 6) is -1.22. The highest BCUT2D eigenvalue weighted by molar-refractivity contribution is 6.25. The molecule has 3 aliphatic rings. The van der Waals surface area contributed by atoms with Gasteiger partial charge >= 0.3 is 0 Å². The summed E-state index contributed by atoms with van der Waals surface area (Å²) < 4.78 is 7.26. The lowest BCUT2D eigenvalue weighted by Crippen LogP contribution is -2.54. The smallest absolute Gasteiger partial charge is 0.264 e. The van der Waals surface area contributed by atoms with Crippen molar-refractivity contribution in [2.45, 2.75) is 38.3 Å². The number of hydrogen-bond donors (Lipinski definition) is 4. The van der Waals surface area contributed by atoms with Crippen molar-refractivity contribution >= 4 is 58.3 Å². The van der Waals surface area contributed by atoms with Crippen molar-refractivity contribution in [1.29, 1.82) is 0 Å². The molecule has 6 amide bonds. The minimum atomic E-state index is -1.08. The molecule has 2 saturated heterocycles. The zero-order valence-electron chi connectivity index (χ0n) is 30.8. The fourth-order valence-corrected chi connectivity index (χ4v) is 7.31. The molecule has 0 spiro atoms. The molecule has 18 heteroatoms. The molecule has 2 fully saturated rings. The number of carbonyl (C=O) groups excluding carboxylic acids is 6. The van der Waals surface area contributed by atoms with Gasteiger partial charge in [0, 0.05) is 62.5 Å². The molecule has 0 aliphatic carbocycles. The predicted molar refractivity (Wildman–Crippen MR) is 205 cm³/mol. The van der Waals surface area contributed by atoms with Gasteiger partial charge in [0.15, 0.2) is 5.65 Å². The maximum Gasteiger partial charge on any atom is 0.264 e. The number of benzene rings is 2. The van der Waals surface area contributed by atoms with Crippen LogP contribution in [-0.4, -0.2) is 110 Å². The predicted octanol–water partition coefficient (Wildman–Crippen LogP) is 2.05. The third-order valence-corrected chi connectivity index (χ3v) is 10.3. The number of nitrogens with zero attached hydrogens (tertiary/aromatic N) is 7. The normalized spacial score (nSPS) is 16.8. The Morgan fingerprint density at radius 2 is 1.75 bits per heavy atom. The topological polar surface area (TPSA) is 216 Å². The maximum absolute atomic E-state index is 13.3. The van der Waals surface area contributed by atoms with Crippen LogP contribution in [0.25, 0.3) is 16.9 Å². The number of piperidine rings is 1. The Morgan fingerprint density at radius 1 is 0.930 bits per heavy atom. The first-order valence-corrected chi connectivity index (χ1v) is 18.7. The van der Waals surface area contributed by atoms with Crippen LogP contribution in [0.15, 0.2) is 77.8 Å². The van der Waals surface area contributed by atoms with E-state index in [0.717, 1.165) is 27.7 Å². The van der Waals surface area contributed by atoms with Gasteiger partial charge in [-0.2, -0.15) is 0 Å². The average molecular weight is 774 g/mol. The Bertz CT molecular complexity index is 2350. The standard InChI is InChI=1S/C39H39N11O7/c51-31-13-12-29(37(54)45-31)50-38(55)27-5-1-6-28(34(27)39(50)56)41-22-32(52)40-14-2-7-33(53)48-17-15-47(16-18-48)25-10-8-24(9-11-25)35-36-46-44-23-49(36)30(21-43-35)42-20-26-4-3-19-57-26/h1,3-6,8-11,19,21,23,29,41-42H,2,7,12-18,20,22H2,(H,40,52)(H,45,51,54). The van der Waals surface area contributed by atoms with Crippen molar-refractivity contribution in [3.8, 4) is 11.3 Å². The lowest BCUT2D eigenvalue weighted by molar-refractivity contribution is -0.136. The molecule has 0 bridgehead atoms. The molecule has 18 nitrogen and oxygen atoms in total. The zero-order chi connectivity index (χ0) is 39.5. The SMILES string of the molecule is O=C(CNc1cccc2c1C(=O)N(C1CCC(=O)NC1=O)C2=O)NCCCC(=O)N1CCN(c2ccc(-c3ncc(NCc4ccco4)n4cnnc34)cc2)CC1. The number of anilines is 3. The van der Waals surface area contributed by atoms with Crippen LogP contribution in [0.3, 0.4) is 0 Å². The quantitative estimate of drug-likeness (QED) is 0.0997. The summed E-state index contributed by atoms with van der Waals surface area (Å²) in [7, 11) is 0. The fourth-order valence-electron chi connectivity index (χ4n) is 7.31. The third kappa shape index (κ3) is 7.60. The Balaban J connectivity index is 0.767. The van der Waals surface area contributed by atoms with Gasteiger partial charge in [0.25, 0.3) is 11.8 Å². The highest BCUT2D eigenvalue weighted by Gasteiger charge is 2.45. The molecule has 6 heterocycles. The van der Waals surface area contributed by atoms with Gasteiger partial charge in [-0.3, -0.25) is 43.4 Å². The van der Waals surface area contributed by atoms with Gasteiger partial charge in [0.1, 0.15) is 29.6 Å². The Labute approximate surface area is 325 Å². The summed E-state index contributed by atoms with van der Waals surface area (Å²) in [4.78, 5) is 85.6. The molecule has 0 radical (unpaired) electrons. The molecule has 4 N–H and O–H groups in total. The molecule has 2 aromatic carbocycles. The van der Waals surface area contributed by atoms with Gasteiger partial charge in [-0.15, -0.1) is 10.2 Å². The van der Waals surface area contributed by atoms with E-state index in [4.69, 9.17) is 4.42 Å². The van der Waals surface area contributed by atoms with Gasteiger partial charge in [0.2, 0.25) is 23.6 Å². The maximum atomic E-state index is 13.3. The molecule has 0 saturated carbocycles. The van der Waals surface area contributed by atoms with Crippen LogP contribution in [0.4, 0.5) is 17.2 Å². The number of amides is 6. The van der Waals surface area contributed by atoms with Crippen LogP contribution < -0.4 is 26.2 Å². The van der Waals surface area contributed by atoms with Gasteiger partial charge in [-0.05, 0) is 49.2 Å². The number of imide groups is 2. The number of carbonyl (C=O) groups is 6. The number of aromatic nitrogens is 4. The van der Waals surface area contributed by atoms with Crippen LogP contribution in [0.5, 0.6) is 0 Å². The second-order valence-electron chi connectivity index (χ2n) is 13.8. The van der Waals surface area contributed by atoms with E-state index in [0.29, 0.717) is 50.5 Å². The number of nitrogens with one attached hydrogen (secondary N) is 4. The zero-order valence-corrected chi connectivity index (χ0v) is 30.8. The molecular weight excluding hydrogens is 734 g/mol. The van der Waals surface area contributed by atoms with E-state index in [9.17, 15) is 28.8 Å². The van der Waals surface area contributed by atoms with Gasteiger partial charge in [0.05, 0.1) is 36.7 Å². The molecule has 1 unspecified atom stereocenters. The summed E-state index contributed by atoms with van der Waals surface area (Å²) >= 11 is 0. The van der Waals surface area contributed by atoms with Crippen molar-refractivity contribution in [2.24, 2.45) is 0 Å². The third-order valence-electron chi connectivity index (χ3n) is 10.3. The minimum Gasteiger partial charge on any atom is -0.467 e. The second kappa shape index (κ2) is 15.9. The summed E-state index contributed by atoms with van der Waals surface area (Å²) in [6.45, 7) is 3.12. The van der Waals surface area contributed by atoms with Gasteiger partial charge in [-0.25, -0.2) is 4.98 Å². The van der Waals surface area contributed by atoms with Crippen LogP contribution >= 0.6 is 0 Å². The fraction of sp³-hybridized carbons (Fsp3) is 0.308. The van der Waals surface area contributed by atoms with Crippen molar-refractivity contribution < 1.29 is 33.2 Å². The lowest BCUT2D eigenvalue weighted by atomic mass is 10.0. The first-order chi connectivity index (χ1) is 27.7. The van der Waals surface area contributed by atoms with E-state index in [-0.39, 0.29) is 61.0 Å². The Hall–Kier alpha value is -7.11. The van der Waals surface area contributed by atoms with Crippen molar-refractivity contribution in [3.63, 3.8) is 0 Å². The van der Waals surface area contributed by atoms with E-state index in [1.54, 1.807) is 30.9 Å². The van der Waals surface area contributed by atoms with E-state index in [1.807, 2.05) is 45.7 Å². The first-order valence-electron chi connectivity index (χ1n) is 18.7. The molecule has 1 atom stereocenters. The first kappa shape index (κ1) is 36.8. The molecule has 3 aromatic heterocycles. The van der Waals surface area contributed by atoms with E-state index < -0.39 is 29.7 Å².